The van der Waals surface area contributed by atoms with E-state index in [1.54, 1.807) is 6.21 Å². The Labute approximate surface area is 190 Å². The van der Waals surface area contributed by atoms with Crippen molar-refractivity contribution in [3.05, 3.63) is 65.9 Å². The van der Waals surface area contributed by atoms with Gasteiger partial charge in [-0.3, -0.25) is 4.79 Å². The van der Waals surface area contributed by atoms with Crippen molar-refractivity contribution in [2.45, 2.75) is 20.3 Å². The maximum atomic E-state index is 13.1. The summed E-state index contributed by atoms with van der Waals surface area (Å²) in [6, 6.07) is 15.5. The molecule has 0 saturated heterocycles. The van der Waals surface area contributed by atoms with Crippen LogP contribution >= 0.6 is 0 Å². The fourth-order valence-electron chi connectivity index (χ4n) is 3.87. The van der Waals surface area contributed by atoms with E-state index in [-0.39, 0.29) is 11.7 Å². The molecule has 3 heterocycles. The molecule has 0 radical (unpaired) electrons. The molecule has 0 fully saturated rings. The van der Waals surface area contributed by atoms with E-state index in [4.69, 9.17) is 15.7 Å². The number of fused-ring (bicyclic) bond motifs is 3. The van der Waals surface area contributed by atoms with E-state index in [1.165, 1.54) is 4.68 Å². The largest absolute Gasteiger partial charge is 0.383 e. The van der Waals surface area contributed by atoms with Gasteiger partial charge < -0.3 is 16.0 Å². The van der Waals surface area contributed by atoms with Gasteiger partial charge in [0.15, 0.2) is 5.65 Å². The number of nitrogens with one attached hydrogen (secondary N) is 2. The second kappa shape index (κ2) is 8.38. The van der Waals surface area contributed by atoms with Gasteiger partial charge in [0, 0.05) is 29.2 Å². The molecule has 5 aromatic rings. The number of benzene rings is 2. The number of H-pyrrole nitrogens is 1. The predicted octanol–water partition coefficient (Wildman–Crippen LogP) is 4.31. The van der Waals surface area contributed by atoms with Crippen molar-refractivity contribution < 1.29 is 4.79 Å². The monoisotopic (exact) mass is 439 g/mol. The van der Waals surface area contributed by atoms with Gasteiger partial charge in [0.25, 0.3) is 5.91 Å². The molecule has 1 amide bonds. The number of aromatic amines is 1. The van der Waals surface area contributed by atoms with Gasteiger partial charge in [0.1, 0.15) is 16.9 Å². The molecule has 2 aromatic carbocycles. The van der Waals surface area contributed by atoms with Crippen LogP contribution in [0.3, 0.4) is 0 Å². The summed E-state index contributed by atoms with van der Waals surface area (Å²) < 4.78 is 1.49. The highest BCUT2D eigenvalue weighted by atomic mass is 16.1. The quantitative estimate of drug-likeness (QED) is 0.342. The van der Waals surface area contributed by atoms with Crippen LogP contribution in [0, 0.1) is 5.92 Å². The second-order valence-electron chi connectivity index (χ2n) is 8.43. The average Bonchev–Trinajstić information content (AvgIpc) is 3.33. The average molecular weight is 440 g/mol. The standard InChI is InChI=1S/C25H25N7O/c1-15(2)11-12-27-25(33)21-22-24(31-20-10-6-5-9-19(20)30-22)32(23(21)26)29-14-16-13-28-18-8-4-3-7-17(16)18/h3-10,13-15,28H,11-12,26H2,1-2H3,(H,27,33). The lowest BCUT2D eigenvalue weighted by molar-refractivity contribution is 0.0954. The molecular formula is C25H25N7O. The molecular weight excluding hydrogens is 414 g/mol. The molecule has 0 saturated carbocycles. The Bertz CT molecular complexity index is 1510. The van der Waals surface area contributed by atoms with E-state index in [0.29, 0.717) is 40.2 Å². The summed E-state index contributed by atoms with van der Waals surface area (Å²) in [5, 5.41) is 8.61. The Balaban J connectivity index is 1.63. The molecule has 3 aromatic heterocycles. The topological polar surface area (TPSA) is 114 Å². The van der Waals surface area contributed by atoms with Crippen molar-refractivity contribution in [1.29, 1.82) is 0 Å². The molecule has 4 N–H and O–H groups in total. The van der Waals surface area contributed by atoms with Crippen LogP contribution in [-0.2, 0) is 0 Å². The minimum Gasteiger partial charge on any atom is -0.383 e. The van der Waals surface area contributed by atoms with E-state index in [2.05, 4.69) is 29.2 Å². The van der Waals surface area contributed by atoms with Crippen molar-refractivity contribution in [3.63, 3.8) is 0 Å². The van der Waals surface area contributed by atoms with Crippen molar-refractivity contribution in [1.82, 2.24) is 24.9 Å². The van der Waals surface area contributed by atoms with Gasteiger partial charge in [-0.15, -0.1) is 0 Å². The van der Waals surface area contributed by atoms with Crippen LogP contribution in [0.25, 0.3) is 33.1 Å². The normalized spacial score (nSPS) is 12.0. The summed E-state index contributed by atoms with van der Waals surface area (Å²) in [7, 11) is 0. The number of para-hydroxylation sites is 3. The number of nitrogens with zero attached hydrogens (tertiary/aromatic N) is 4. The number of nitrogen functional groups attached to an aromatic ring is 1. The molecule has 166 valence electrons. The highest BCUT2D eigenvalue weighted by molar-refractivity contribution is 6.11. The third-order valence-electron chi connectivity index (χ3n) is 5.64. The second-order valence-corrected chi connectivity index (χ2v) is 8.43. The fraction of sp³-hybridized carbons (Fsp3) is 0.200. The van der Waals surface area contributed by atoms with E-state index in [1.807, 2.05) is 54.7 Å². The van der Waals surface area contributed by atoms with Crippen LogP contribution < -0.4 is 11.1 Å². The third-order valence-corrected chi connectivity index (χ3v) is 5.64. The zero-order valence-corrected chi connectivity index (χ0v) is 18.5. The Hall–Kier alpha value is -4.20. The summed E-state index contributed by atoms with van der Waals surface area (Å²) in [5.74, 6) is 0.413. The smallest absolute Gasteiger partial charge is 0.257 e. The Kier molecular flexibility index (Phi) is 5.26. The Morgan fingerprint density at radius 2 is 1.88 bits per heavy atom. The van der Waals surface area contributed by atoms with Gasteiger partial charge in [-0.05, 0) is 30.5 Å². The SMILES string of the molecule is CC(C)CCNC(=O)c1c(N)n(N=Cc2c[nH]c3ccccc23)c2nc3ccccc3nc12. The number of hydrogen-bond donors (Lipinski definition) is 3. The predicted molar refractivity (Wildman–Crippen MR) is 133 cm³/mol. The van der Waals surface area contributed by atoms with Gasteiger partial charge in [-0.25, -0.2) is 9.97 Å². The van der Waals surface area contributed by atoms with Crippen LogP contribution in [0.4, 0.5) is 5.82 Å². The molecule has 0 aliphatic carbocycles. The number of aromatic nitrogens is 4. The highest BCUT2D eigenvalue weighted by Crippen LogP contribution is 2.28. The summed E-state index contributed by atoms with van der Waals surface area (Å²) in [5.41, 5.74) is 11.0. The number of carbonyl (C=O) groups is 1. The van der Waals surface area contributed by atoms with Gasteiger partial charge in [0.2, 0.25) is 0 Å². The maximum Gasteiger partial charge on any atom is 0.257 e. The van der Waals surface area contributed by atoms with E-state index >= 15 is 0 Å². The first-order valence-corrected chi connectivity index (χ1v) is 11.0. The van der Waals surface area contributed by atoms with E-state index < -0.39 is 0 Å². The molecule has 0 spiro atoms. The molecule has 0 aliphatic rings. The molecule has 8 nitrogen and oxygen atoms in total. The number of rotatable bonds is 6. The molecule has 0 aliphatic heterocycles. The molecule has 5 rings (SSSR count). The minimum absolute atomic E-state index is 0.207. The maximum absolute atomic E-state index is 13.1. The third kappa shape index (κ3) is 3.80. The Morgan fingerprint density at radius 3 is 2.67 bits per heavy atom. The summed E-state index contributed by atoms with van der Waals surface area (Å²) in [4.78, 5) is 25.8. The lowest BCUT2D eigenvalue weighted by atomic mass is 10.1. The van der Waals surface area contributed by atoms with Crippen LogP contribution in [0.5, 0.6) is 0 Å². The number of amides is 1. The van der Waals surface area contributed by atoms with E-state index in [9.17, 15) is 4.79 Å². The first-order chi connectivity index (χ1) is 16.0. The lowest BCUT2D eigenvalue weighted by Crippen LogP contribution is -2.26. The number of nitrogens with two attached hydrogens (primary N) is 1. The van der Waals surface area contributed by atoms with E-state index in [0.717, 1.165) is 22.9 Å². The lowest BCUT2D eigenvalue weighted by Gasteiger charge is -2.07. The van der Waals surface area contributed by atoms with Gasteiger partial charge in [0.05, 0.1) is 17.2 Å². The van der Waals surface area contributed by atoms with Crippen molar-refractivity contribution >= 4 is 51.0 Å². The fourth-order valence-corrected chi connectivity index (χ4v) is 3.87. The molecule has 0 bridgehead atoms. The van der Waals surface area contributed by atoms with Crippen LogP contribution in [0.1, 0.15) is 36.2 Å². The molecule has 0 unspecified atom stereocenters. The first kappa shape index (κ1) is 20.7. The zero-order valence-electron chi connectivity index (χ0n) is 18.5. The van der Waals surface area contributed by atoms with Crippen molar-refractivity contribution in [3.8, 4) is 0 Å². The summed E-state index contributed by atoms with van der Waals surface area (Å²) in [6.07, 6.45) is 4.47. The number of anilines is 1. The summed E-state index contributed by atoms with van der Waals surface area (Å²) >= 11 is 0. The van der Waals surface area contributed by atoms with Crippen molar-refractivity contribution in [2.75, 3.05) is 12.3 Å². The van der Waals surface area contributed by atoms with Crippen LogP contribution in [-0.4, -0.2) is 38.3 Å². The molecule has 33 heavy (non-hydrogen) atoms. The molecule has 0 atom stereocenters. The van der Waals surface area contributed by atoms with Crippen LogP contribution in [0.15, 0.2) is 59.8 Å². The molecule has 8 heteroatoms. The Morgan fingerprint density at radius 1 is 1.15 bits per heavy atom. The number of carbonyl (C=O) groups excluding carboxylic acids is 1. The van der Waals surface area contributed by atoms with Crippen LogP contribution in [0.2, 0.25) is 0 Å². The number of hydrogen-bond acceptors (Lipinski definition) is 5. The van der Waals surface area contributed by atoms with Gasteiger partial charge >= 0.3 is 0 Å². The van der Waals surface area contributed by atoms with Crippen molar-refractivity contribution in [2.24, 2.45) is 11.0 Å². The summed E-state index contributed by atoms with van der Waals surface area (Å²) in [6.45, 7) is 4.79. The zero-order chi connectivity index (χ0) is 22.9. The van der Waals surface area contributed by atoms with Gasteiger partial charge in [-0.1, -0.05) is 44.2 Å². The van der Waals surface area contributed by atoms with Gasteiger partial charge in [-0.2, -0.15) is 9.78 Å². The highest BCUT2D eigenvalue weighted by Gasteiger charge is 2.24. The minimum atomic E-state index is -0.274. The first-order valence-electron chi connectivity index (χ1n) is 11.0.